The molecule has 0 amide bonds. The van der Waals surface area contributed by atoms with Crippen molar-refractivity contribution in [3.8, 4) is 0 Å². The van der Waals surface area contributed by atoms with E-state index in [-0.39, 0.29) is 12.0 Å². The summed E-state index contributed by atoms with van der Waals surface area (Å²) in [5.74, 6) is -0.207. The van der Waals surface area contributed by atoms with E-state index >= 15 is 0 Å². The highest BCUT2D eigenvalue weighted by atomic mass is 79.9. The van der Waals surface area contributed by atoms with Gasteiger partial charge in [-0.05, 0) is 36.6 Å². The van der Waals surface area contributed by atoms with Crippen molar-refractivity contribution >= 4 is 21.9 Å². The number of aromatic nitrogens is 3. The van der Waals surface area contributed by atoms with E-state index in [1.54, 1.807) is 11.0 Å². The maximum absolute atomic E-state index is 12.2. The van der Waals surface area contributed by atoms with Gasteiger partial charge in [-0.2, -0.15) is 15.0 Å². The van der Waals surface area contributed by atoms with Crippen molar-refractivity contribution in [2.45, 2.75) is 39.0 Å². The van der Waals surface area contributed by atoms with E-state index in [1.165, 1.54) is 18.2 Å². The molecule has 0 saturated carbocycles. The molecule has 0 aliphatic carbocycles. The van der Waals surface area contributed by atoms with E-state index in [9.17, 15) is 4.79 Å². The Hall–Kier alpha value is -1.73. The molecule has 1 aliphatic heterocycles. The van der Waals surface area contributed by atoms with Crippen LogP contribution in [-0.2, 0) is 35.6 Å². The summed E-state index contributed by atoms with van der Waals surface area (Å²) in [5.41, 5.74) is 3.28. The molecule has 0 saturated heterocycles. The van der Waals surface area contributed by atoms with E-state index in [0.29, 0.717) is 19.5 Å². The van der Waals surface area contributed by atoms with Crippen LogP contribution in [0, 0.1) is 0 Å². The molecule has 122 valence electrons. The monoisotopic (exact) mass is 378 g/mol. The summed E-state index contributed by atoms with van der Waals surface area (Å²) < 4.78 is 6.04. The van der Waals surface area contributed by atoms with Crippen molar-refractivity contribution in [2.75, 3.05) is 7.11 Å². The van der Waals surface area contributed by atoms with E-state index in [2.05, 4.69) is 43.2 Å². The summed E-state index contributed by atoms with van der Waals surface area (Å²) >= 11 is 3.51. The minimum Gasteiger partial charge on any atom is -0.468 e. The minimum atomic E-state index is -0.291. The number of methoxy groups -OCH3 is 1. The summed E-state index contributed by atoms with van der Waals surface area (Å²) in [5, 5.41) is 8.62. The highest BCUT2D eigenvalue weighted by Gasteiger charge is 2.32. The van der Waals surface area contributed by atoms with Crippen LogP contribution in [0.4, 0.5) is 0 Å². The zero-order chi connectivity index (χ0) is 16.4. The third-order valence-corrected chi connectivity index (χ3v) is 4.59. The Bertz CT molecular complexity index is 716. The van der Waals surface area contributed by atoms with Crippen LogP contribution in [0.2, 0.25) is 0 Å². The lowest BCUT2D eigenvalue weighted by atomic mass is 9.94. The number of nitrogens with zero attached hydrogens (tertiary/aromatic N) is 4. The summed E-state index contributed by atoms with van der Waals surface area (Å²) in [4.78, 5) is 15.9. The van der Waals surface area contributed by atoms with Crippen LogP contribution in [0.15, 0.2) is 28.9 Å². The predicted molar refractivity (Wildman–Crippen MR) is 88.6 cm³/mol. The van der Waals surface area contributed by atoms with Gasteiger partial charge >= 0.3 is 5.97 Å². The van der Waals surface area contributed by atoms with Crippen LogP contribution in [-0.4, -0.2) is 39.0 Å². The van der Waals surface area contributed by atoms with Gasteiger partial charge in [-0.1, -0.05) is 22.0 Å². The summed E-state index contributed by atoms with van der Waals surface area (Å²) in [7, 11) is 1.44. The summed E-state index contributed by atoms with van der Waals surface area (Å²) in [6.07, 6.45) is 2.41. The summed E-state index contributed by atoms with van der Waals surface area (Å²) in [6, 6.07) is 5.90. The topological polar surface area (TPSA) is 60.2 Å². The van der Waals surface area contributed by atoms with Crippen molar-refractivity contribution in [3.05, 3.63) is 45.7 Å². The number of rotatable bonds is 4. The van der Waals surface area contributed by atoms with Gasteiger partial charge in [-0.3, -0.25) is 9.69 Å². The van der Waals surface area contributed by atoms with E-state index in [0.717, 1.165) is 16.7 Å². The van der Waals surface area contributed by atoms with Crippen molar-refractivity contribution in [3.63, 3.8) is 0 Å². The number of halogens is 1. The first-order valence-corrected chi connectivity index (χ1v) is 8.38. The number of ether oxygens (including phenoxy) is 1. The van der Waals surface area contributed by atoms with Crippen molar-refractivity contribution < 1.29 is 9.53 Å². The molecule has 1 aromatic heterocycles. The Morgan fingerprint density at radius 3 is 2.96 bits per heavy atom. The van der Waals surface area contributed by atoms with Gasteiger partial charge in [-0.25, -0.2) is 0 Å². The van der Waals surface area contributed by atoms with E-state index < -0.39 is 0 Å². The van der Waals surface area contributed by atoms with Crippen LogP contribution < -0.4 is 0 Å². The molecule has 1 aromatic carbocycles. The number of carbonyl (C=O) groups excluding carboxylic acids is 1. The van der Waals surface area contributed by atoms with Crippen LogP contribution in [0.1, 0.15) is 23.7 Å². The molecule has 0 radical (unpaired) electrons. The number of fused-ring (bicyclic) bond motifs is 1. The third kappa shape index (κ3) is 3.45. The van der Waals surface area contributed by atoms with Gasteiger partial charge < -0.3 is 4.74 Å². The molecule has 0 N–H and O–H groups in total. The van der Waals surface area contributed by atoms with Crippen LogP contribution in [0.25, 0.3) is 0 Å². The lowest BCUT2D eigenvalue weighted by Crippen LogP contribution is -2.45. The molecular weight excluding hydrogens is 360 g/mol. The highest BCUT2D eigenvalue weighted by Crippen LogP contribution is 2.27. The van der Waals surface area contributed by atoms with Gasteiger partial charge in [0.2, 0.25) is 0 Å². The Morgan fingerprint density at radius 1 is 1.43 bits per heavy atom. The molecule has 1 aliphatic rings. The van der Waals surface area contributed by atoms with Gasteiger partial charge in [0.15, 0.2) is 0 Å². The normalized spacial score (nSPS) is 17.8. The van der Waals surface area contributed by atoms with Gasteiger partial charge in [0.1, 0.15) is 6.04 Å². The van der Waals surface area contributed by atoms with Crippen molar-refractivity contribution in [1.82, 2.24) is 19.9 Å². The first-order valence-electron chi connectivity index (χ1n) is 7.59. The van der Waals surface area contributed by atoms with Gasteiger partial charge in [0.05, 0.1) is 25.5 Å². The molecule has 1 atom stereocenters. The van der Waals surface area contributed by atoms with Crippen LogP contribution in [0.3, 0.4) is 0 Å². The fourth-order valence-corrected chi connectivity index (χ4v) is 3.32. The average molecular weight is 379 g/mol. The smallest absolute Gasteiger partial charge is 0.323 e. The second-order valence-electron chi connectivity index (χ2n) is 5.59. The van der Waals surface area contributed by atoms with E-state index in [4.69, 9.17) is 4.74 Å². The number of benzene rings is 1. The number of esters is 1. The van der Waals surface area contributed by atoms with Crippen LogP contribution >= 0.6 is 15.9 Å². The average Bonchev–Trinajstić information content (AvgIpc) is 3.01. The summed E-state index contributed by atoms with van der Waals surface area (Å²) in [6.45, 7) is 3.99. The number of aryl methyl sites for hydroxylation is 1. The van der Waals surface area contributed by atoms with Gasteiger partial charge in [-0.15, -0.1) is 0 Å². The zero-order valence-electron chi connectivity index (χ0n) is 13.2. The quantitative estimate of drug-likeness (QED) is 0.762. The number of carbonyl (C=O) groups is 1. The Labute approximate surface area is 143 Å². The molecule has 7 heteroatoms. The second-order valence-corrected chi connectivity index (χ2v) is 6.50. The Kier molecular flexibility index (Phi) is 4.77. The molecule has 23 heavy (non-hydrogen) atoms. The van der Waals surface area contributed by atoms with Gasteiger partial charge in [0, 0.05) is 17.6 Å². The number of hydrogen-bond acceptors (Lipinski definition) is 5. The molecule has 3 rings (SSSR count). The van der Waals surface area contributed by atoms with Crippen molar-refractivity contribution in [1.29, 1.82) is 0 Å². The molecule has 6 nitrogen and oxygen atoms in total. The molecule has 2 heterocycles. The third-order valence-electron chi connectivity index (χ3n) is 4.10. The Balaban J connectivity index is 1.86. The lowest BCUT2D eigenvalue weighted by molar-refractivity contribution is -0.148. The highest BCUT2D eigenvalue weighted by molar-refractivity contribution is 9.10. The second kappa shape index (κ2) is 6.80. The Morgan fingerprint density at radius 2 is 2.26 bits per heavy atom. The predicted octanol–water partition coefficient (Wildman–Crippen LogP) is 2.16. The largest absolute Gasteiger partial charge is 0.468 e. The maximum atomic E-state index is 12.2. The standard InChI is InChI=1S/C16H19BrN4O2/c1-3-21-18-8-14(19-21)10-20-9-12-6-13(17)5-4-11(12)7-15(20)16(22)23-2/h4-6,8,15H,3,7,9-10H2,1-2H3. The maximum Gasteiger partial charge on any atom is 0.323 e. The molecule has 0 spiro atoms. The molecule has 0 bridgehead atoms. The molecule has 0 fully saturated rings. The van der Waals surface area contributed by atoms with Crippen LogP contribution in [0.5, 0.6) is 0 Å². The fraction of sp³-hybridized carbons (Fsp3) is 0.438. The number of hydrogen-bond donors (Lipinski definition) is 0. The first kappa shape index (κ1) is 16.1. The fourth-order valence-electron chi connectivity index (χ4n) is 2.91. The molecule has 1 unspecified atom stereocenters. The SMILES string of the molecule is CCn1ncc(CN2Cc3cc(Br)ccc3CC2C(=O)OC)n1. The molecular formula is C16H19BrN4O2. The van der Waals surface area contributed by atoms with Crippen molar-refractivity contribution in [2.24, 2.45) is 0 Å². The van der Waals surface area contributed by atoms with E-state index in [1.807, 2.05) is 13.0 Å². The minimum absolute atomic E-state index is 0.207. The first-order chi connectivity index (χ1) is 11.1. The van der Waals surface area contributed by atoms with Gasteiger partial charge in [0.25, 0.3) is 0 Å². The lowest BCUT2D eigenvalue weighted by Gasteiger charge is -2.34. The molecule has 2 aromatic rings. The zero-order valence-corrected chi connectivity index (χ0v) is 14.8.